The van der Waals surface area contributed by atoms with Gasteiger partial charge in [-0.3, -0.25) is 15.0 Å². The first-order valence-corrected chi connectivity index (χ1v) is 5.65. The summed E-state index contributed by atoms with van der Waals surface area (Å²) in [5.41, 5.74) is 7.63. The number of rotatable bonds is 7. The molecule has 0 bridgehead atoms. The van der Waals surface area contributed by atoms with Gasteiger partial charge in [0.25, 0.3) is 0 Å². The van der Waals surface area contributed by atoms with Crippen molar-refractivity contribution in [3.8, 4) is 5.75 Å². The number of ether oxygens (including phenoxy) is 1. The van der Waals surface area contributed by atoms with E-state index in [-0.39, 0.29) is 5.91 Å². The van der Waals surface area contributed by atoms with Gasteiger partial charge in [0.1, 0.15) is 5.75 Å². The fourth-order valence-corrected chi connectivity index (χ4v) is 1.39. The number of hydrazine groups is 1. The number of hydrogen-bond donors (Lipinski definition) is 3. The van der Waals surface area contributed by atoms with E-state index in [1.807, 2.05) is 0 Å². The van der Waals surface area contributed by atoms with E-state index in [9.17, 15) is 9.59 Å². The van der Waals surface area contributed by atoms with Crippen LogP contribution in [0.3, 0.4) is 0 Å². The molecule has 1 aromatic rings. The molecule has 0 aliphatic rings. The molecule has 0 aliphatic carbocycles. The fourth-order valence-electron chi connectivity index (χ4n) is 1.39. The van der Waals surface area contributed by atoms with E-state index >= 15 is 0 Å². The molecule has 0 radical (unpaired) electrons. The quantitative estimate of drug-likeness (QED) is 0.281. The van der Waals surface area contributed by atoms with E-state index in [0.29, 0.717) is 30.8 Å². The fraction of sp³-hybridized carbons (Fsp3) is 0.333. The maximum absolute atomic E-state index is 10.9. The highest BCUT2D eigenvalue weighted by Crippen LogP contribution is 2.13. The van der Waals surface area contributed by atoms with Crippen LogP contribution in [-0.2, 0) is 4.79 Å². The highest BCUT2D eigenvalue weighted by molar-refractivity contribution is 5.93. The minimum absolute atomic E-state index is 0.189. The summed E-state index contributed by atoms with van der Waals surface area (Å²) in [5, 5.41) is 0. The molecule has 0 unspecified atom stereocenters. The highest BCUT2D eigenvalue weighted by Gasteiger charge is 2.02. The molecule has 0 atom stereocenters. The Kier molecular flexibility index (Phi) is 5.66. The van der Waals surface area contributed by atoms with Crippen LogP contribution in [0.2, 0.25) is 0 Å². The largest absolute Gasteiger partial charge is 0.494 e. The van der Waals surface area contributed by atoms with Crippen molar-refractivity contribution in [1.82, 2.24) is 5.43 Å². The molecule has 0 heterocycles. The number of nitrogens with one attached hydrogen (secondary N) is 1. The number of hydrogen-bond acceptors (Lipinski definition) is 4. The zero-order chi connectivity index (χ0) is 13.4. The third kappa shape index (κ3) is 4.84. The minimum Gasteiger partial charge on any atom is -0.494 e. The molecule has 1 aromatic carbocycles. The molecule has 98 valence electrons. The summed E-state index contributed by atoms with van der Waals surface area (Å²) in [6.45, 7) is 0.472. The summed E-state index contributed by atoms with van der Waals surface area (Å²) in [5.74, 6) is 4.87. The smallest absolute Gasteiger partial charge is 0.248 e. The molecule has 0 aliphatic heterocycles. The van der Waals surface area contributed by atoms with Crippen LogP contribution in [0.4, 0.5) is 0 Å². The average Bonchev–Trinajstić information content (AvgIpc) is 2.38. The van der Waals surface area contributed by atoms with Crippen molar-refractivity contribution in [3.05, 3.63) is 29.8 Å². The summed E-state index contributed by atoms with van der Waals surface area (Å²) in [6, 6.07) is 6.67. The van der Waals surface area contributed by atoms with Crippen molar-refractivity contribution in [3.63, 3.8) is 0 Å². The molecule has 0 saturated heterocycles. The lowest BCUT2D eigenvalue weighted by atomic mass is 10.2. The second-order valence-corrected chi connectivity index (χ2v) is 3.77. The van der Waals surface area contributed by atoms with Gasteiger partial charge in [0.05, 0.1) is 6.61 Å². The number of carbonyl (C=O) groups is 2. The Hall–Kier alpha value is -2.08. The molecule has 0 aromatic heterocycles. The van der Waals surface area contributed by atoms with E-state index in [2.05, 4.69) is 5.43 Å². The Morgan fingerprint density at radius 1 is 1.28 bits per heavy atom. The molecular formula is C12H17N3O3. The molecule has 0 fully saturated rings. The molecule has 0 spiro atoms. The third-order valence-electron chi connectivity index (χ3n) is 2.35. The van der Waals surface area contributed by atoms with Gasteiger partial charge in [0, 0.05) is 12.0 Å². The number of amides is 2. The van der Waals surface area contributed by atoms with Crippen LogP contribution in [-0.4, -0.2) is 18.4 Å². The molecule has 2 amide bonds. The van der Waals surface area contributed by atoms with Gasteiger partial charge in [0.2, 0.25) is 11.8 Å². The molecule has 6 heteroatoms. The summed E-state index contributed by atoms with van der Waals surface area (Å²) in [7, 11) is 0. The number of primary amides is 1. The highest BCUT2D eigenvalue weighted by atomic mass is 16.5. The Labute approximate surface area is 105 Å². The van der Waals surface area contributed by atoms with Gasteiger partial charge in [0.15, 0.2) is 0 Å². The normalized spacial score (nSPS) is 9.83. The molecule has 6 nitrogen and oxygen atoms in total. The Bertz CT molecular complexity index is 421. The second-order valence-electron chi connectivity index (χ2n) is 3.77. The predicted molar refractivity (Wildman–Crippen MR) is 66.6 cm³/mol. The van der Waals surface area contributed by atoms with E-state index < -0.39 is 5.91 Å². The van der Waals surface area contributed by atoms with Gasteiger partial charge < -0.3 is 10.5 Å². The van der Waals surface area contributed by atoms with Crippen LogP contribution in [0, 0.1) is 0 Å². The van der Waals surface area contributed by atoms with Gasteiger partial charge in [-0.2, -0.15) is 0 Å². The van der Waals surface area contributed by atoms with Crippen LogP contribution in [0.15, 0.2) is 24.3 Å². The monoisotopic (exact) mass is 251 g/mol. The van der Waals surface area contributed by atoms with Crippen molar-refractivity contribution in [2.75, 3.05) is 6.61 Å². The van der Waals surface area contributed by atoms with Gasteiger partial charge >= 0.3 is 0 Å². The summed E-state index contributed by atoms with van der Waals surface area (Å²) >= 11 is 0. The van der Waals surface area contributed by atoms with Crippen LogP contribution in [0.1, 0.15) is 29.6 Å². The first kappa shape index (κ1) is 14.0. The van der Waals surface area contributed by atoms with E-state index in [0.717, 1.165) is 6.42 Å². The van der Waals surface area contributed by atoms with Crippen molar-refractivity contribution in [1.29, 1.82) is 0 Å². The Balaban J connectivity index is 2.29. The van der Waals surface area contributed by atoms with Gasteiger partial charge in [-0.25, -0.2) is 5.84 Å². The molecule has 18 heavy (non-hydrogen) atoms. The third-order valence-corrected chi connectivity index (χ3v) is 2.35. The zero-order valence-corrected chi connectivity index (χ0v) is 10.0. The van der Waals surface area contributed by atoms with E-state index in [4.69, 9.17) is 16.3 Å². The maximum Gasteiger partial charge on any atom is 0.248 e. The summed E-state index contributed by atoms with van der Waals surface area (Å²) in [6.07, 6.45) is 1.80. The van der Waals surface area contributed by atoms with Crippen molar-refractivity contribution in [2.24, 2.45) is 11.6 Å². The van der Waals surface area contributed by atoms with Crippen molar-refractivity contribution < 1.29 is 14.3 Å². The molecular weight excluding hydrogens is 234 g/mol. The van der Waals surface area contributed by atoms with Crippen molar-refractivity contribution >= 4 is 11.8 Å². The van der Waals surface area contributed by atoms with Gasteiger partial charge in [-0.15, -0.1) is 0 Å². The summed E-state index contributed by atoms with van der Waals surface area (Å²) in [4.78, 5) is 21.8. The minimum atomic E-state index is -0.486. The number of benzene rings is 1. The number of nitrogens with two attached hydrogens (primary N) is 2. The molecule has 5 N–H and O–H groups in total. The van der Waals surface area contributed by atoms with Gasteiger partial charge in [-0.05, 0) is 31.0 Å². The maximum atomic E-state index is 10.9. The standard InChI is InChI=1S/C12H17N3O3/c13-12(17)9-4-3-5-10(8-9)18-7-2-1-6-11(16)15-14/h3-5,8H,1-2,6-7,14H2,(H2,13,17)(H,15,16). The first-order valence-electron chi connectivity index (χ1n) is 5.65. The van der Waals surface area contributed by atoms with Gasteiger partial charge in [-0.1, -0.05) is 6.07 Å². The lowest BCUT2D eigenvalue weighted by Crippen LogP contribution is -2.29. The SMILES string of the molecule is NNC(=O)CCCCOc1cccc(C(N)=O)c1. The average molecular weight is 251 g/mol. The van der Waals surface area contributed by atoms with Crippen LogP contribution in [0.5, 0.6) is 5.75 Å². The predicted octanol–water partition coefficient (Wildman–Crippen LogP) is 0.324. The molecule has 1 rings (SSSR count). The van der Waals surface area contributed by atoms with Crippen molar-refractivity contribution in [2.45, 2.75) is 19.3 Å². The van der Waals surface area contributed by atoms with E-state index in [1.54, 1.807) is 24.3 Å². The van der Waals surface area contributed by atoms with Crippen LogP contribution in [0.25, 0.3) is 0 Å². The second kappa shape index (κ2) is 7.29. The Morgan fingerprint density at radius 3 is 2.72 bits per heavy atom. The molecule has 0 saturated carbocycles. The first-order chi connectivity index (χ1) is 8.63. The topological polar surface area (TPSA) is 107 Å². The summed E-state index contributed by atoms with van der Waals surface area (Å²) < 4.78 is 5.44. The zero-order valence-electron chi connectivity index (χ0n) is 10.0. The lowest BCUT2D eigenvalue weighted by molar-refractivity contribution is -0.121. The van der Waals surface area contributed by atoms with Crippen LogP contribution >= 0.6 is 0 Å². The lowest BCUT2D eigenvalue weighted by Gasteiger charge is -2.06. The Morgan fingerprint density at radius 2 is 2.06 bits per heavy atom. The van der Waals surface area contributed by atoms with E-state index in [1.165, 1.54) is 0 Å². The number of carbonyl (C=O) groups excluding carboxylic acids is 2. The van der Waals surface area contributed by atoms with Crippen LogP contribution < -0.4 is 21.7 Å². The number of unbranched alkanes of at least 4 members (excludes halogenated alkanes) is 1.